The monoisotopic (exact) mass is 1550 g/mol. The van der Waals surface area contributed by atoms with Gasteiger partial charge in [-0.1, -0.05) is 24.3 Å². The quantitative estimate of drug-likeness (QED) is 0.0275. The van der Waals surface area contributed by atoms with Crippen molar-refractivity contribution in [2.75, 3.05) is 19.6 Å². The number of aromatic hydroxyl groups is 2. The minimum atomic E-state index is -1.80. The highest BCUT2D eigenvalue weighted by atomic mass is 16.4. The Morgan fingerprint density at radius 3 is 0.755 bits per heavy atom. The number of carbonyl (C=O) groups excluding carboxylic acids is 14. The number of phenolic OH excluding ortho intramolecular Hbond substituents is 2. The Kier molecular flexibility index (Phi) is 42.3. The number of aliphatic carboxylic acids is 3. The molecule has 27 N–H and O–H groups in total. The molecule has 110 heavy (non-hydrogen) atoms. The van der Waals surface area contributed by atoms with Gasteiger partial charge in [0.2, 0.25) is 82.7 Å². The zero-order valence-corrected chi connectivity index (χ0v) is 63.0. The van der Waals surface area contributed by atoms with E-state index in [1.54, 1.807) is 0 Å². The Morgan fingerprint density at radius 1 is 0.282 bits per heavy atom. The van der Waals surface area contributed by atoms with Gasteiger partial charge < -0.3 is 123 Å². The van der Waals surface area contributed by atoms with E-state index in [-0.39, 0.29) is 76.1 Å². The Balaban J connectivity index is 2.45. The summed E-state index contributed by atoms with van der Waals surface area (Å²) >= 11 is 0. The second-order valence-electron chi connectivity index (χ2n) is 26.6. The molecule has 15 atom stereocenters. The lowest BCUT2D eigenvalue weighted by Crippen LogP contribution is -2.60. The van der Waals surface area contributed by atoms with E-state index >= 15 is 0 Å². The fraction of sp³-hybridized carbons (Fsp3) is 0.586. The molecule has 0 aliphatic rings. The summed E-state index contributed by atoms with van der Waals surface area (Å²) in [5.41, 5.74) is 23.5. The average molecular weight is 1560 g/mol. The number of carboxylic acid groups (broad SMARTS) is 3. The maximum Gasteiger partial charge on any atom is 0.325 e. The van der Waals surface area contributed by atoms with Crippen LogP contribution in [-0.4, -0.2) is 236 Å². The number of amides is 14. The summed E-state index contributed by atoms with van der Waals surface area (Å²) < 4.78 is 0. The fourth-order valence-corrected chi connectivity index (χ4v) is 10.2. The van der Waals surface area contributed by atoms with E-state index in [0.717, 1.165) is 6.92 Å². The number of carboxylic acids is 3. The van der Waals surface area contributed by atoms with E-state index in [1.807, 2.05) is 0 Å². The highest BCUT2D eigenvalue weighted by Gasteiger charge is 2.37. The van der Waals surface area contributed by atoms with Gasteiger partial charge in [-0.05, 0) is 181 Å². The molecule has 14 amide bonds. The number of unbranched alkanes of at least 4 members (excludes halogenated alkanes) is 3. The number of rotatable bonds is 51. The van der Waals surface area contributed by atoms with Crippen molar-refractivity contribution >= 4 is 101 Å². The lowest BCUT2D eigenvalue weighted by atomic mass is 10.0. The molecule has 40 nitrogen and oxygen atoms in total. The van der Waals surface area contributed by atoms with Crippen molar-refractivity contribution in [1.29, 1.82) is 0 Å². The van der Waals surface area contributed by atoms with Gasteiger partial charge in [0.15, 0.2) is 0 Å². The molecular weight excluding hydrogens is 1440 g/mol. The van der Waals surface area contributed by atoms with Gasteiger partial charge in [0.1, 0.15) is 96.1 Å². The van der Waals surface area contributed by atoms with E-state index in [2.05, 4.69) is 74.4 Å². The summed E-state index contributed by atoms with van der Waals surface area (Å²) in [4.78, 5) is 227. The summed E-state index contributed by atoms with van der Waals surface area (Å²) in [6.07, 6.45) is -1.44. The van der Waals surface area contributed by atoms with Crippen LogP contribution < -0.4 is 97.4 Å². The number of hydrogen-bond donors (Lipinski definition) is 23. The van der Waals surface area contributed by atoms with Crippen LogP contribution in [0.25, 0.3) is 0 Å². The second-order valence-corrected chi connectivity index (χ2v) is 26.6. The van der Waals surface area contributed by atoms with Crippen LogP contribution in [0.2, 0.25) is 0 Å². The highest BCUT2D eigenvalue weighted by molar-refractivity contribution is 6.00. The first-order chi connectivity index (χ1) is 51.7. The summed E-state index contributed by atoms with van der Waals surface area (Å²) in [7, 11) is 0. The molecule has 0 aromatic heterocycles. The van der Waals surface area contributed by atoms with Gasteiger partial charge in [-0.25, -0.2) is 0 Å². The molecule has 0 fully saturated rings. The van der Waals surface area contributed by atoms with Gasteiger partial charge >= 0.3 is 17.9 Å². The number of nitrogens with one attached hydrogen (secondary N) is 14. The van der Waals surface area contributed by atoms with Crippen LogP contribution in [0.5, 0.6) is 11.5 Å². The predicted molar refractivity (Wildman–Crippen MR) is 394 cm³/mol. The van der Waals surface area contributed by atoms with Crippen molar-refractivity contribution in [2.24, 2.45) is 22.9 Å². The summed E-state index contributed by atoms with van der Waals surface area (Å²) in [6.45, 7) is 10.7. The second kappa shape index (κ2) is 49.0. The van der Waals surface area contributed by atoms with E-state index < -0.39 is 217 Å². The molecule has 2 rings (SSSR count). The number of benzene rings is 2. The molecule has 40 heteroatoms. The number of carbonyl (C=O) groups is 17. The Bertz CT molecular complexity index is 3480. The van der Waals surface area contributed by atoms with Crippen molar-refractivity contribution in [2.45, 2.75) is 242 Å². The Morgan fingerprint density at radius 2 is 0.491 bits per heavy atom. The number of hydrogen-bond acceptors (Lipinski definition) is 23. The van der Waals surface area contributed by atoms with E-state index in [9.17, 15) is 102 Å². The third-order valence-corrected chi connectivity index (χ3v) is 17.0. The molecule has 0 saturated heterocycles. The van der Waals surface area contributed by atoms with Crippen LogP contribution in [-0.2, 0) is 94.3 Å². The molecule has 0 spiro atoms. The van der Waals surface area contributed by atoms with Crippen LogP contribution >= 0.6 is 0 Å². The van der Waals surface area contributed by atoms with E-state index in [4.69, 9.17) is 28.0 Å². The van der Waals surface area contributed by atoms with Crippen LogP contribution in [0.15, 0.2) is 48.5 Å². The molecular formula is C70H110N18O22. The lowest BCUT2D eigenvalue weighted by Gasteiger charge is -2.28. The first-order valence-corrected chi connectivity index (χ1v) is 36.1. The van der Waals surface area contributed by atoms with Gasteiger partial charge in [-0.15, -0.1) is 0 Å². The molecule has 0 aliphatic carbocycles. The topological polar surface area (TPSA) is 664 Å². The standard InChI is InChI=1S/C70H110N18O22/c1-35(74)56(95)82-48(16-10-13-31-72)64(103)84-49(17-11-14-32-73)65(104)86-51(27-29-55(93)94)67(106)87-52(33-43-18-22-45(89)23-19-43)68(107)80-41(7)62(101)83-50(26-28-54(91)92)66(105)88-53(34-44-20-24-46(90)25-21-44)69(108)85-47(15-9-12-30-71)63(102)79-40(6)60(99)77-38(4)58(97)75-36(2)57(96)76-37(3)59(98)78-39(5)61(100)81-42(8)70(109)110/h18-25,35-42,47-53,89-90H,9-17,26-34,71-74H2,1-8H3,(H,75,97)(H,76,96)(H,77,99)(H,78,98)(H,79,102)(H,80,107)(H,81,100)(H,82,95)(H,83,101)(H,84,103)(H,85,108)(H,86,104)(H,87,106)(H,88,105)(H,91,92)(H,93,94)(H,109,110)/t35-,36-,37-,38-,39-,40-,41-,42-,47-,48-,49-,50-,51-,52-,53-/m0/s1. The van der Waals surface area contributed by atoms with Gasteiger partial charge in [-0.3, -0.25) is 81.5 Å². The van der Waals surface area contributed by atoms with Gasteiger partial charge in [0.05, 0.1) is 6.04 Å². The van der Waals surface area contributed by atoms with Crippen molar-refractivity contribution in [3.63, 3.8) is 0 Å². The zero-order valence-electron chi connectivity index (χ0n) is 63.0. The summed E-state index contributed by atoms with van der Waals surface area (Å²) in [6, 6.07) is -10.8. The predicted octanol–water partition coefficient (Wildman–Crippen LogP) is -5.64. The molecule has 0 aliphatic heterocycles. The van der Waals surface area contributed by atoms with Crippen molar-refractivity contribution in [1.82, 2.24) is 74.4 Å². The van der Waals surface area contributed by atoms with Crippen LogP contribution in [0, 0.1) is 0 Å². The average Bonchev–Trinajstić information content (AvgIpc) is 0.876. The Hall–Kier alpha value is -11.1. The molecule has 0 unspecified atom stereocenters. The molecule has 0 heterocycles. The van der Waals surface area contributed by atoms with Crippen molar-refractivity contribution in [3.05, 3.63) is 59.7 Å². The third-order valence-electron chi connectivity index (χ3n) is 17.0. The maximum atomic E-state index is 14.6. The first kappa shape index (κ1) is 94.9. The highest BCUT2D eigenvalue weighted by Crippen LogP contribution is 2.16. The van der Waals surface area contributed by atoms with Crippen molar-refractivity contribution < 1.29 is 107 Å². The lowest BCUT2D eigenvalue weighted by molar-refractivity contribution is -0.141. The molecule has 612 valence electrons. The molecule has 0 bridgehead atoms. The molecule has 2 aromatic rings. The zero-order chi connectivity index (χ0) is 83.1. The van der Waals surface area contributed by atoms with E-state index in [1.165, 1.54) is 97.0 Å². The summed E-state index contributed by atoms with van der Waals surface area (Å²) in [5.74, 6) is -17.7. The van der Waals surface area contributed by atoms with E-state index in [0.29, 0.717) is 36.8 Å². The van der Waals surface area contributed by atoms with Crippen LogP contribution in [0.3, 0.4) is 0 Å². The minimum Gasteiger partial charge on any atom is -0.508 e. The van der Waals surface area contributed by atoms with Crippen LogP contribution in [0.4, 0.5) is 0 Å². The van der Waals surface area contributed by atoms with Gasteiger partial charge in [0, 0.05) is 25.7 Å². The van der Waals surface area contributed by atoms with Crippen molar-refractivity contribution in [3.8, 4) is 11.5 Å². The number of phenols is 2. The third kappa shape index (κ3) is 35.7. The fourth-order valence-electron chi connectivity index (χ4n) is 10.2. The van der Waals surface area contributed by atoms with Gasteiger partial charge in [-0.2, -0.15) is 0 Å². The SMILES string of the molecule is C[C@H](N)C(=O)N[C@@H](CCCCN)C(=O)N[C@@H](CCCCN)C(=O)N[C@@H](CCC(=O)O)C(=O)N[C@@H](Cc1ccc(O)cc1)C(=O)N[C@@H](C)C(=O)N[C@@H](CCC(=O)O)C(=O)N[C@@H](Cc1ccc(O)cc1)C(=O)N[C@@H](CCCCN)C(=O)N[C@@H](C)C(=O)N[C@@H](C)C(=O)N[C@@H](C)C(=O)N[C@@H](C)C(=O)N[C@@H](C)C(=O)N[C@@H](C)C(=O)O. The molecule has 0 radical (unpaired) electrons. The molecule has 2 aromatic carbocycles. The number of nitrogens with two attached hydrogens (primary N) is 4. The maximum absolute atomic E-state index is 14.6. The minimum absolute atomic E-state index is 0.0496. The van der Waals surface area contributed by atoms with Gasteiger partial charge in [0.25, 0.3) is 0 Å². The van der Waals surface area contributed by atoms with Crippen LogP contribution in [0.1, 0.15) is 150 Å². The summed E-state index contributed by atoms with van der Waals surface area (Å²) in [5, 5.41) is 82.9. The smallest absolute Gasteiger partial charge is 0.325 e. The first-order valence-electron chi connectivity index (χ1n) is 36.1. The largest absolute Gasteiger partial charge is 0.508 e. The molecule has 0 saturated carbocycles. The Labute approximate surface area is 635 Å². The normalized spacial score (nSPS) is 15.1.